The summed E-state index contributed by atoms with van der Waals surface area (Å²) in [6.45, 7) is 7.88. The van der Waals surface area contributed by atoms with Gasteiger partial charge in [0.1, 0.15) is 11.4 Å². The van der Waals surface area contributed by atoms with E-state index in [9.17, 15) is 18.0 Å². The van der Waals surface area contributed by atoms with E-state index in [2.05, 4.69) is 15.3 Å². The zero-order chi connectivity index (χ0) is 24.1. The van der Waals surface area contributed by atoms with Crippen LogP contribution < -0.4 is 11.1 Å². The zero-order valence-electron chi connectivity index (χ0n) is 18.7. The van der Waals surface area contributed by atoms with E-state index in [1.807, 2.05) is 11.3 Å². The van der Waals surface area contributed by atoms with Crippen molar-refractivity contribution < 1.29 is 22.7 Å². The molecule has 0 radical (unpaired) electrons. The van der Waals surface area contributed by atoms with E-state index in [0.29, 0.717) is 23.7 Å². The number of anilines is 2. The van der Waals surface area contributed by atoms with Gasteiger partial charge in [0, 0.05) is 23.5 Å². The average molecular weight is 462 g/mol. The van der Waals surface area contributed by atoms with Gasteiger partial charge in [0.25, 0.3) is 0 Å². The van der Waals surface area contributed by atoms with Gasteiger partial charge < -0.3 is 15.8 Å². The summed E-state index contributed by atoms with van der Waals surface area (Å²) in [5, 5.41) is 3.11. The van der Waals surface area contributed by atoms with Crippen molar-refractivity contribution >= 4 is 23.4 Å². The molecule has 33 heavy (non-hydrogen) atoms. The number of alkyl halides is 3. The number of nitrogens with zero attached hydrogens (tertiary/aromatic N) is 4. The van der Waals surface area contributed by atoms with Crippen molar-refractivity contribution in [3.8, 4) is 0 Å². The lowest BCUT2D eigenvalue weighted by molar-refractivity contribution is -0.137. The lowest BCUT2D eigenvalue weighted by Gasteiger charge is -2.24. The predicted octanol–water partition coefficient (Wildman–Crippen LogP) is 4.50. The molecule has 8 nitrogen and oxygen atoms in total. The molecule has 1 amide bonds. The first-order valence-corrected chi connectivity index (χ1v) is 10.4. The molecular weight excluding hydrogens is 437 g/mol. The van der Waals surface area contributed by atoms with Gasteiger partial charge in [0.15, 0.2) is 0 Å². The number of hydrogen-bond donors (Lipinski definition) is 2. The van der Waals surface area contributed by atoms with Gasteiger partial charge >= 0.3 is 12.3 Å². The Balaban J connectivity index is 1.65. The summed E-state index contributed by atoms with van der Waals surface area (Å²) in [6, 6.07) is 3.43. The Labute approximate surface area is 188 Å². The summed E-state index contributed by atoms with van der Waals surface area (Å²) in [6.07, 6.45) is -3.28. The van der Waals surface area contributed by atoms with Gasteiger partial charge in [0.2, 0.25) is 5.78 Å². The Morgan fingerprint density at radius 1 is 1.21 bits per heavy atom. The summed E-state index contributed by atoms with van der Waals surface area (Å²) < 4.78 is 46.8. The third-order valence-electron chi connectivity index (χ3n) is 5.18. The zero-order valence-corrected chi connectivity index (χ0v) is 18.7. The summed E-state index contributed by atoms with van der Waals surface area (Å²) in [5.41, 5.74) is 7.05. The molecule has 0 unspecified atom stereocenters. The van der Waals surface area contributed by atoms with Crippen molar-refractivity contribution in [1.29, 1.82) is 0 Å². The lowest BCUT2D eigenvalue weighted by Crippen LogP contribution is -2.33. The highest BCUT2D eigenvalue weighted by Crippen LogP contribution is 2.33. The van der Waals surface area contributed by atoms with Crippen LogP contribution in [0.15, 0.2) is 24.4 Å². The molecule has 0 aliphatic carbocycles. The van der Waals surface area contributed by atoms with Crippen molar-refractivity contribution in [3.05, 3.63) is 52.5 Å². The third kappa shape index (κ3) is 4.67. The van der Waals surface area contributed by atoms with Crippen molar-refractivity contribution in [3.63, 3.8) is 0 Å². The number of fused-ring (bicyclic) bond motifs is 3. The number of imidazole rings is 1. The fourth-order valence-electron chi connectivity index (χ4n) is 3.81. The summed E-state index contributed by atoms with van der Waals surface area (Å²) in [7, 11) is 0. The van der Waals surface area contributed by atoms with Crippen LogP contribution >= 0.6 is 0 Å². The lowest BCUT2D eigenvalue weighted by atomic mass is 10.1. The van der Waals surface area contributed by atoms with E-state index in [4.69, 9.17) is 10.5 Å². The third-order valence-corrected chi connectivity index (χ3v) is 5.18. The number of nitrogen functional groups attached to an aromatic ring is 1. The van der Waals surface area contributed by atoms with Crippen LogP contribution in [0.4, 0.5) is 29.5 Å². The molecule has 0 bridgehead atoms. The number of carbonyl (C=O) groups excluding carboxylic acids is 1. The number of ether oxygens (including phenoxy) is 1. The second-order valence-corrected chi connectivity index (χ2v) is 9.07. The molecule has 176 valence electrons. The molecule has 0 spiro atoms. The first-order valence-electron chi connectivity index (χ1n) is 10.4. The van der Waals surface area contributed by atoms with E-state index in [-0.39, 0.29) is 18.8 Å². The Kier molecular flexibility index (Phi) is 5.38. The van der Waals surface area contributed by atoms with E-state index in [1.54, 1.807) is 31.9 Å². The number of amides is 1. The molecule has 0 saturated heterocycles. The van der Waals surface area contributed by atoms with E-state index >= 15 is 0 Å². The van der Waals surface area contributed by atoms with E-state index in [0.717, 1.165) is 29.1 Å². The van der Waals surface area contributed by atoms with Gasteiger partial charge in [-0.3, -0.25) is 9.30 Å². The Bertz CT molecular complexity index is 1230. The van der Waals surface area contributed by atoms with Gasteiger partial charge in [-0.05, 0) is 51.5 Å². The Morgan fingerprint density at radius 3 is 2.61 bits per heavy atom. The monoisotopic (exact) mass is 462 g/mol. The minimum absolute atomic E-state index is 0.0234. The fourth-order valence-corrected chi connectivity index (χ4v) is 3.81. The SMILES string of the molecule is Cc1cnc2nc(NCc3cc(N)cc(C(F)(F)F)c3)c3c(n12)CN(C(=O)OC(C)(C)C)C3. The number of benzene rings is 1. The molecule has 3 heterocycles. The number of rotatable bonds is 3. The predicted molar refractivity (Wildman–Crippen MR) is 116 cm³/mol. The second kappa shape index (κ2) is 7.82. The number of aryl methyl sites for hydroxylation is 1. The quantitative estimate of drug-likeness (QED) is 0.556. The van der Waals surface area contributed by atoms with Crippen LogP contribution in [0, 0.1) is 6.92 Å². The smallest absolute Gasteiger partial charge is 0.416 e. The number of hydrogen-bond acceptors (Lipinski definition) is 6. The highest BCUT2D eigenvalue weighted by molar-refractivity contribution is 5.70. The van der Waals surface area contributed by atoms with E-state index < -0.39 is 23.4 Å². The maximum Gasteiger partial charge on any atom is 0.416 e. The molecule has 0 fully saturated rings. The number of nitrogens with one attached hydrogen (secondary N) is 1. The van der Waals surface area contributed by atoms with Crippen LogP contribution in [0.1, 0.15) is 48.8 Å². The van der Waals surface area contributed by atoms with Crippen LogP contribution in [-0.2, 0) is 30.5 Å². The Hall–Kier alpha value is -3.50. The van der Waals surface area contributed by atoms with Crippen molar-refractivity contribution in [2.45, 2.75) is 59.1 Å². The van der Waals surface area contributed by atoms with Crippen LogP contribution in [0.3, 0.4) is 0 Å². The van der Waals surface area contributed by atoms with Crippen LogP contribution in [0.5, 0.6) is 0 Å². The van der Waals surface area contributed by atoms with Gasteiger partial charge in [-0.25, -0.2) is 9.78 Å². The number of carbonyl (C=O) groups is 1. The maximum atomic E-state index is 13.2. The molecule has 11 heteroatoms. The summed E-state index contributed by atoms with van der Waals surface area (Å²) in [5.74, 6) is 0.883. The number of nitrogens with two attached hydrogens (primary N) is 1. The van der Waals surface area contributed by atoms with E-state index in [1.165, 1.54) is 6.07 Å². The van der Waals surface area contributed by atoms with Crippen molar-refractivity contribution in [2.75, 3.05) is 11.1 Å². The fraction of sp³-hybridized carbons (Fsp3) is 0.409. The minimum atomic E-state index is -4.50. The molecular formula is C22H25F3N6O2. The summed E-state index contributed by atoms with van der Waals surface area (Å²) in [4.78, 5) is 23.1. The topological polar surface area (TPSA) is 97.8 Å². The first kappa shape index (κ1) is 22.7. The van der Waals surface area contributed by atoms with Crippen molar-refractivity contribution in [2.24, 2.45) is 0 Å². The maximum absolute atomic E-state index is 13.2. The largest absolute Gasteiger partial charge is 0.444 e. The number of halogens is 3. The average Bonchev–Trinajstić information content (AvgIpc) is 3.27. The van der Waals surface area contributed by atoms with Crippen LogP contribution in [-0.4, -0.2) is 31.0 Å². The van der Waals surface area contributed by atoms with Gasteiger partial charge in [-0.15, -0.1) is 0 Å². The Morgan fingerprint density at radius 2 is 1.94 bits per heavy atom. The molecule has 0 saturated carbocycles. The number of aromatic nitrogens is 3. The summed E-state index contributed by atoms with van der Waals surface area (Å²) >= 11 is 0. The van der Waals surface area contributed by atoms with Crippen LogP contribution in [0.2, 0.25) is 0 Å². The molecule has 1 aliphatic rings. The molecule has 0 atom stereocenters. The molecule has 1 aliphatic heterocycles. The van der Waals surface area contributed by atoms with Gasteiger partial charge in [-0.1, -0.05) is 0 Å². The van der Waals surface area contributed by atoms with Crippen molar-refractivity contribution in [1.82, 2.24) is 19.3 Å². The first-order chi connectivity index (χ1) is 15.3. The van der Waals surface area contributed by atoms with Crippen LogP contribution in [0.25, 0.3) is 5.78 Å². The molecule has 4 rings (SSSR count). The second-order valence-electron chi connectivity index (χ2n) is 9.07. The van der Waals surface area contributed by atoms with Gasteiger partial charge in [0.05, 0.1) is 30.5 Å². The minimum Gasteiger partial charge on any atom is -0.444 e. The highest BCUT2D eigenvalue weighted by Gasteiger charge is 2.33. The molecule has 1 aromatic carbocycles. The van der Waals surface area contributed by atoms with Gasteiger partial charge in [-0.2, -0.15) is 18.2 Å². The molecule has 3 aromatic rings. The molecule has 2 aromatic heterocycles. The highest BCUT2D eigenvalue weighted by atomic mass is 19.4. The normalized spacial score (nSPS) is 14.0. The standard InChI is InChI=1S/C22H25F3N6O2/c1-12-8-28-19-29-18(27-9-13-5-14(22(23,24)25)7-15(26)6-13)16-10-30(11-17(16)31(12)19)20(32)33-21(2,3)4/h5-8H,9-11,26H2,1-4H3,(H,27,28,29). The molecule has 3 N–H and O–H groups in total.